The Morgan fingerprint density at radius 1 is 1.08 bits per heavy atom. The Bertz CT molecular complexity index is 1060. The van der Waals surface area contributed by atoms with Crippen LogP contribution in [0.1, 0.15) is 28.6 Å². The minimum absolute atomic E-state index is 0.572. The summed E-state index contributed by atoms with van der Waals surface area (Å²) in [4.78, 5) is 0. The molecule has 2 aromatic carbocycles. The third-order valence-electron chi connectivity index (χ3n) is 4.20. The first-order chi connectivity index (χ1) is 12.7. The number of benzene rings is 2. The second-order valence-corrected chi connectivity index (χ2v) is 5.99. The molecule has 0 aliphatic carbocycles. The van der Waals surface area contributed by atoms with Crippen LogP contribution in [0.15, 0.2) is 53.5 Å². The van der Waals surface area contributed by atoms with E-state index in [2.05, 4.69) is 33.0 Å². The number of nitrogens with zero attached hydrogens (tertiary/aromatic N) is 3. The van der Waals surface area contributed by atoms with Crippen molar-refractivity contribution in [2.45, 2.75) is 12.8 Å². The minimum Gasteiger partial charge on any atom is -0.497 e. The first-order valence-corrected chi connectivity index (χ1v) is 8.29. The fraction of sp³-hybridized carbons (Fsp3) is 0.150. The van der Waals surface area contributed by atoms with Gasteiger partial charge in [-0.25, -0.2) is 0 Å². The molecule has 4 rings (SSSR count). The first-order valence-electron chi connectivity index (χ1n) is 8.29. The van der Waals surface area contributed by atoms with E-state index in [1.807, 2.05) is 36.4 Å². The van der Waals surface area contributed by atoms with Crippen molar-refractivity contribution in [1.82, 2.24) is 20.4 Å². The molecular weight excluding hydrogens is 328 g/mol. The van der Waals surface area contributed by atoms with Gasteiger partial charge in [-0.1, -0.05) is 24.8 Å². The van der Waals surface area contributed by atoms with E-state index in [-0.39, 0.29) is 0 Å². The van der Waals surface area contributed by atoms with E-state index in [0.717, 1.165) is 33.5 Å². The maximum absolute atomic E-state index is 5.81. The molecule has 0 aliphatic rings. The molecule has 130 valence electrons. The first kappa shape index (κ1) is 16.1. The highest BCUT2D eigenvalue weighted by Gasteiger charge is 2.10. The predicted octanol–water partition coefficient (Wildman–Crippen LogP) is 3.78. The fourth-order valence-electron chi connectivity index (χ4n) is 2.91. The molecule has 0 fully saturated rings. The molecule has 0 unspecified atom stereocenters. The van der Waals surface area contributed by atoms with E-state index in [4.69, 9.17) is 9.15 Å². The van der Waals surface area contributed by atoms with Crippen molar-refractivity contribution in [3.63, 3.8) is 0 Å². The number of hydrogen-bond donors (Lipinski definition) is 1. The van der Waals surface area contributed by atoms with Gasteiger partial charge in [0.25, 0.3) is 0 Å². The Hall–Kier alpha value is -3.41. The van der Waals surface area contributed by atoms with Gasteiger partial charge in [0.15, 0.2) is 0 Å². The lowest BCUT2D eigenvalue weighted by Crippen LogP contribution is -1.90. The van der Waals surface area contributed by atoms with Crippen LogP contribution < -0.4 is 4.74 Å². The maximum Gasteiger partial charge on any atom is 0.220 e. The normalized spacial score (nSPS) is 11.0. The number of rotatable bonds is 6. The van der Waals surface area contributed by atoms with E-state index < -0.39 is 0 Å². The molecule has 2 aromatic heterocycles. The zero-order valence-corrected chi connectivity index (χ0v) is 14.4. The van der Waals surface area contributed by atoms with Gasteiger partial charge in [-0.2, -0.15) is 5.10 Å². The van der Waals surface area contributed by atoms with Gasteiger partial charge < -0.3 is 9.15 Å². The van der Waals surface area contributed by atoms with Gasteiger partial charge in [0, 0.05) is 5.39 Å². The highest BCUT2D eigenvalue weighted by molar-refractivity contribution is 5.86. The monoisotopic (exact) mass is 346 g/mol. The number of aromatic nitrogens is 4. The van der Waals surface area contributed by atoms with Crippen LogP contribution in [-0.4, -0.2) is 27.5 Å². The second-order valence-electron chi connectivity index (χ2n) is 5.99. The van der Waals surface area contributed by atoms with Gasteiger partial charge in [0.05, 0.1) is 31.2 Å². The number of H-pyrrole nitrogens is 1. The van der Waals surface area contributed by atoms with Crippen molar-refractivity contribution in [1.29, 1.82) is 0 Å². The summed E-state index contributed by atoms with van der Waals surface area (Å²) >= 11 is 0. The molecule has 0 saturated heterocycles. The van der Waals surface area contributed by atoms with E-state index in [9.17, 15) is 0 Å². The Balaban J connectivity index is 1.52. The molecule has 0 atom stereocenters. The third-order valence-corrected chi connectivity index (χ3v) is 4.20. The molecule has 6 nitrogen and oxygen atoms in total. The lowest BCUT2D eigenvalue weighted by molar-refractivity contribution is 0.414. The highest BCUT2D eigenvalue weighted by Crippen LogP contribution is 2.21. The van der Waals surface area contributed by atoms with Crippen LogP contribution >= 0.6 is 0 Å². The molecule has 26 heavy (non-hydrogen) atoms. The molecule has 0 amide bonds. The van der Waals surface area contributed by atoms with Crippen LogP contribution in [0, 0.1) is 0 Å². The summed E-state index contributed by atoms with van der Waals surface area (Å²) in [6.07, 6.45) is 2.88. The molecule has 0 bridgehead atoms. The van der Waals surface area contributed by atoms with Crippen molar-refractivity contribution in [2.75, 3.05) is 7.11 Å². The summed E-state index contributed by atoms with van der Waals surface area (Å²) in [6, 6.07) is 13.9. The molecule has 2 heterocycles. The lowest BCUT2D eigenvalue weighted by Gasteiger charge is -2.01. The summed E-state index contributed by atoms with van der Waals surface area (Å²) in [7, 11) is 1.65. The van der Waals surface area contributed by atoms with Crippen LogP contribution in [0.5, 0.6) is 5.75 Å². The lowest BCUT2D eigenvalue weighted by atomic mass is 10.1. The highest BCUT2D eigenvalue weighted by atomic mass is 16.5. The summed E-state index contributed by atoms with van der Waals surface area (Å²) in [5, 5.41) is 16.6. The predicted molar refractivity (Wildman–Crippen MR) is 99.1 cm³/mol. The molecule has 0 aliphatic heterocycles. The van der Waals surface area contributed by atoms with Crippen molar-refractivity contribution in [3.05, 3.63) is 77.6 Å². The Morgan fingerprint density at radius 2 is 1.85 bits per heavy atom. The van der Waals surface area contributed by atoms with E-state index in [0.29, 0.717) is 24.6 Å². The Morgan fingerprint density at radius 3 is 2.58 bits per heavy atom. The number of fused-ring (bicyclic) bond motifs is 1. The smallest absolute Gasteiger partial charge is 0.220 e. The van der Waals surface area contributed by atoms with Gasteiger partial charge in [-0.05, 0) is 41.5 Å². The van der Waals surface area contributed by atoms with Gasteiger partial charge in [-0.3, -0.25) is 5.10 Å². The molecule has 0 saturated carbocycles. The number of ether oxygens (including phenoxy) is 1. The quantitative estimate of drug-likeness (QED) is 0.575. The second kappa shape index (κ2) is 6.84. The summed E-state index contributed by atoms with van der Waals surface area (Å²) in [5.74, 6) is 1.99. The topological polar surface area (TPSA) is 76.8 Å². The van der Waals surface area contributed by atoms with Gasteiger partial charge in [-0.15, -0.1) is 10.2 Å². The van der Waals surface area contributed by atoms with Crippen molar-refractivity contribution in [3.8, 4) is 5.75 Å². The number of hydrogen-bond acceptors (Lipinski definition) is 5. The van der Waals surface area contributed by atoms with E-state index in [1.54, 1.807) is 13.2 Å². The number of aromatic amines is 1. The van der Waals surface area contributed by atoms with Crippen LogP contribution in [0.25, 0.3) is 17.0 Å². The average Bonchev–Trinajstić information content (AvgIpc) is 3.28. The van der Waals surface area contributed by atoms with E-state index >= 15 is 0 Å². The van der Waals surface area contributed by atoms with Crippen LogP contribution in [-0.2, 0) is 12.8 Å². The average molecular weight is 346 g/mol. The molecule has 0 spiro atoms. The van der Waals surface area contributed by atoms with Crippen LogP contribution in [0.2, 0.25) is 0 Å². The number of nitrogens with one attached hydrogen (secondary N) is 1. The maximum atomic E-state index is 5.81. The summed E-state index contributed by atoms with van der Waals surface area (Å²) in [6.45, 7) is 3.79. The SMILES string of the molecule is C=Cc1n[nH]c2ccc(Cc3nnc(Cc4cccc(OC)c4)o3)cc12. The van der Waals surface area contributed by atoms with Crippen molar-refractivity contribution < 1.29 is 9.15 Å². The van der Waals surface area contributed by atoms with Crippen molar-refractivity contribution >= 4 is 17.0 Å². The zero-order valence-electron chi connectivity index (χ0n) is 14.4. The summed E-state index contributed by atoms with van der Waals surface area (Å²) < 4.78 is 11.1. The fourth-order valence-corrected chi connectivity index (χ4v) is 2.91. The van der Waals surface area contributed by atoms with Gasteiger partial charge in [0.2, 0.25) is 11.8 Å². The molecule has 4 aromatic rings. The Kier molecular flexibility index (Phi) is 4.23. The summed E-state index contributed by atoms with van der Waals surface area (Å²) in [5.41, 5.74) is 3.97. The zero-order chi connectivity index (χ0) is 17.9. The molecular formula is C20H18N4O2. The molecule has 0 radical (unpaired) electrons. The third kappa shape index (κ3) is 3.21. The van der Waals surface area contributed by atoms with E-state index in [1.165, 1.54) is 0 Å². The van der Waals surface area contributed by atoms with Gasteiger partial charge >= 0.3 is 0 Å². The standard InChI is InChI=1S/C20H18N4O2/c1-3-17-16-10-14(7-8-18(16)22-21-17)12-20-24-23-19(26-20)11-13-5-4-6-15(9-13)25-2/h3-10H,1,11-12H2,2H3,(H,21,22). The largest absolute Gasteiger partial charge is 0.497 e. The molecule has 6 heteroatoms. The van der Waals surface area contributed by atoms with Crippen molar-refractivity contribution in [2.24, 2.45) is 0 Å². The van der Waals surface area contributed by atoms with Crippen LogP contribution in [0.3, 0.4) is 0 Å². The van der Waals surface area contributed by atoms with Gasteiger partial charge in [0.1, 0.15) is 5.75 Å². The molecule has 1 N–H and O–H groups in total. The minimum atomic E-state index is 0.572. The number of methoxy groups -OCH3 is 1. The Labute approximate surface area is 150 Å². The van der Waals surface area contributed by atoms with Crippen LogP contribution in [0.4, 0.5) is 0 Å².